The predicted molar refractivity (Wildman–Crippen MR) is 43.0 cm³/mol. The van der Waals surface area contributed by atoms with Crippen LogP contribution in [-0.4, -0.2) is 8.75 Å². The first kappa shape index (κ1) is 7.47. The Morgan fingerprint density at radius 2 is 2.30 bits per heavy atom. The molecule has 0 aliphatic carbocycles. The van der Waals surface area contributed by atoms with Crippen LogP contribution in [0.15, 0.2) is 0 Å². The topological polar surface area (TPSA) is 51.8 Å². The lowest BCUT2D eigenvalue weighted by Crippen LogP contribution is -1.97. The van der Waals surface area contributed by atoms with Crippen molar-refractivity contribution < 1.29 is 0 Å². The SMILES string of the molecule is CCC(C)c1nsnc1N. The van der Waals surface area contributed by atoms with Crippen molar-refractivity contribution in [3.8, 4) is 0 Å². The van der Waals surface area contributed by atoms with Crippen LogP contribution in [0.5, 0.6) is 0 Å². The first-order chi connectivity index (χ1) is 4.75. The average Bonchev–Trinajstić information content (AvgIpc) is 2.34. The summed E-state index contributed by atoms with van der Waals surface area (Å²) < 4.78 is 7.99. The van der Waals surface area contributed by atoms with E-state index in [9.17, 15) is 0 Å². The molecule has 0 aliphatic rings. The van der Waals surface area contributed by atoms with Crippen LogP contribution in [0.4, 0.5) is 5.82 Å². The number of aromatic nitrogens is 2. The Morgan fingerprint density at radius 1 is 1.60 bits per heavy atom. The van der Waals surface area contributed by atoms with E-state index in [-0.39, 0.29) is 0 Å². The van der Waals surface area contributed by atoms with Crippen molar-refractivity contribution in [2.24, 2.45) is 0 Å². The van der Waals surface area contributed by atoms with Gasteiger partial charge in [0, 0.05) is 5.92 Å². The van der Waals surface area contributed by atoms with E-state index < -0.39 is 0 Å². The van der Waals surface area contributed by atoms with Gasteiger partial charge in [-0.3, -0.25) is 0 Å². The van der Waals surface area contributed by atoms with Gasteiger partial charge in [0.1, 0.15) is 5.69 Å². The summed E-state index contributed by atoms with van der Waals surface area (Å²) in [7, 11) is 0. The lowest BCUT2D eigenvalue weighted by atomic mass is 10.1. The fourth-order valence-corrected chi connectivity index (χ4v) is 1.32. The quantitative estimate of drug-likeness (QED) is 0.710. The van der Waals surface area contributed by atoms with Gasteiger partial charge in [0.2, 0.25) is 0 Å². The summed E-state index contributed by atoms with van der Waals surface area (Å²) >= 11 is 1.18. The zero-order chi connectivity index (χ0) is 7.56. The molecule has 1 aromatic rings. The van der Waals surface area contributed by atoms with Crippen LogP contribution in [0, 0.1) is 0 Å². The van der Waals surface area contributed by atoms with Crippen molar-refractivity contribution in [1.82, 2.24) is 8.75 Å². The highest BCUT2D eigenvalue weighted by atomic mass is 32.1. The van der Waals surface area contributed by atoms with Crippen LogP contribution in [0.25, 0.3) is 0 Å². The minimum atomic E-state index is 0.443. The monoisotopic (exact) mass is 157 g/mol. The molecular weight excluding hydrogens is 146 g/mol. The van der Waals surface area contributed by atoms with Gasteiger partial charge in [-0.1, -0.05) is 13.8 Å². The Balaban J connectivity index is 2.82. The molecule has 0 aliphatic heterocycles. The number of nitrogen functional groups attached to an aromatic ring is 1. The Labute approximate surface area is 64.6 Å². The first-order valence-electron chi connectivity index (χ1n) is 3.33. The largest absolute Gasteiger partial charge is 0.381 e. The highest BCUT2D eigenvalue weighted by Crippen LogP contribution is 2.21. The van der Waals surface area contributed by atoms with Crippen molar-refractivity contribution in [3.63, 3.8) is 0 Å². The van der Waals surface area contributed by atoms with Crippen LogP contribution in [0.3, 0.4) is 0 Å². The van der Waals surface area contributed by atoms with E-state index in [1.807, 2.05) is 0 Å². The summed E-state index contributed by atoms with van der Waals surface area (Å²) in [4.78, 5) is 0. The van der Waals surface area contributed by atoms with Gasteiger partial charge in [0.25, 0.3) is 0 Å². The summed E-state index contributed by atoms with van der Waals surface area (Å²) in [5.74, 6) is 1.04. The van der Waals surface area contributed by atoms with Gasteiger partial charge in [0.05, 0.1) is 11.7 Å². The van der Waals surface area contributed by atoms with Gasteiger partial charge >= 0.3 is 0 Å². The molecule has 0 aromatic carbocycles. The summed E-state index contributed by atoms with van der Waals surface area (Å²) in [5, 5.41) is 0. The average molecular weight is 157 g/mol. The molecule has 0 spiro atoms. The van der Waals surface area contributed by atoms with E-state index in [2.05, 4.69) is 22.6 Å². The third-order valence-electron chi connectivity index (χ3n) is 1.62. The molecule has 1 rings (SSSR count). The molecule has 10 heavy (non-hydrogen) atoms. The molecular formula is C6H11N3S. The third kappa shape index (κ3) is 1.26. The number of anilines is 1. The number of rotatable bonds is 2. The van der Waals surface area contributed by atoms with Gasteiger partial charge in [-0.25, -0.2) is 0 Å². The van der Waals surface area contributed by atoms with Crippen LogP contribution < -0.4 is 5.73 Å². The number of hydrogen-bond donors (Lipinski definition) is 1. The Hall–Kier alpha value is -0.640. The smallest absolute Gasteiger partial charge is 0.160 e. The molecule has 4 heteroatoms. The second-order valence-electron chi connectivity index (χ2n) is 2.34. The normalized spacial score (nSPS) is 13.4. The van der Waals surface area contributed by atoms with Crippen LogP contribution in [-0.2, 0) is 0 Å². The minimum absolute atomic E-state index is 0.443. The van der Waals surface area contributed by atoms with Crippen LogP contribution in [0.2, 0.25) is 0 Å². The van der Waals surface area contributed by atoms with Crippen molar-refractivity contribution >= 4 is 17.5 Å². The van der Waals surface area contributed by atoms with Gasteiger partial charge < -0.3 is 5.73 Å². The van der Waals surface area contributed by atoms with Crippen molar-refractivity contribution in [2.45, 2.75) is 26.2 Å². The Bertz CT molecular complexity index is 209. The third-order valence-corrected chi connectivity index (χ3v) is 2.18. The molecule has 0 fully saturated rings. The van der Waals surface area contributed by atoms with Crippen molar-refractivity contribution in [3.05, 3.63) is 5.69 Å². The van der Waals surface area contributed by atoms with Gasteiger partial charge in [-0.15, -0.1) is 0 Å². The summed E-state index contributed by atoms with van der Waals surface area (Å²) in [5.41, 5.74) is 6.51. The first-order valence-corrected chi connectivity index (χ1v) is 4.06. The predicted octanol–water partition coefficient (Wildman–Crippen LogP) is 1.63. The number of nitrogens with zero attached hydrogens (tertiary/aromatic N) is 2. The fourth-order valence-electron chi connectivity index (χ4n) is 0.738. The zero-order valence-corrected chi connectivity index (χ0v) is 6.98. The lowest BCUT2D eigenvalue weighted by Gasteiger charge is -2.02. The standard InChI is InChI=1S/C6H11N3S/c1-3-4(2)5-6(7)9-10-8-5/h4H,3H2,1-2H3,(H2,7,9). The number of nitrogens with two attached hydrogens (primary N) is 1. The summed E-state index contributed by atoms with van der Waals surface area (Å²) in [6, 6.07) is 0. The molecule has 0 amide bonds. The highest BCUT2D eigenvalue weighted by Gasteiger charge is 2.10. The van der Waals surface area contributed by atoms with E-state index in [0.29, 0.717) is 11.7 Å². The highest BCUT2D eigenvalue weighted by molar-refractivity contribution is 6.99. The maximum Gasteiger partial charge on any atom is 0.160 e. The molecule has 0 bridgehead atoms. The van der Waals surface area contributed by atoms with Crippen LogP contribution in [0.1, 0.15) is 31.9 Å². The lowest BCUT2D eigenvalue weighted by molar-refractivity contribution is 0.719. The molecule has 56 valence electrons. The Kier molecular flexibility index (Phi) is 2.21. The van der Waals surface area contributed by atoms with E-state index in [1.165, 1.54) is 11.7 Å². The van der Waals surface area contributed by atoms with Crippen molar-refractivity contribution in [2.75, 3.05) is 5.73 Å². The molecule has 3 nitrogen and oxygen atoms in total. The molecule has 1 heterocycles. The molecule has 1 aromatic heterocycles. The Morgan fingerprint density at radius 3 is 2.70 bits per heavy atom. The van der Waals surface area contributed by atoms with E-state index in [4.69, 9.17) is 5.73 Å². The van der Waals surface area contributed by atoms with Gasteiger partial charge in [-0.05, 0) is 6.42 Å². The molecule has 0 radical (unpaired) electrons. The molecule has 0 saturated carbocycles. The van der Waals surface area contributed by atoms with Gasteiger partial charge in [0.15, 0.2) is 5.82 Å². The maximum atomic E-state index is 5.55. The molecule has 1 atom stereocenters. The van der Waals surface area contributed by atoms with Crippen molar-refractivity contribution in [1.29, 1.82) is 0 Å². The van der Waals surface area contributed by atoms with E-state index >= 15 is 0 Å². The minimum Gasteiger partial charge on any atom is -0.381 e. The number of hydrogen-bond acceptors (Lipinski definition) is 4. The summed E-state index contributed by atoms with van der Waals surface area (Å²) in [6.07, 6.45) is 1.07. The molecule has 2 N–H and O–H groups in total. The molecule has 0 saturated heterocycles. The second kappa shape index (κ2) is 2.96. The second-order valence-corrected chi connectivity index (χ2v) is 2.87. The fraction of sp³-hybridized carbons (Fsp3) is 0.667. The van der Waals surface area contributed by atoms with E-state index in [0.717, 1.165) is 12.1 Å². The molecule has 1 unspecified atom stereocenters. The van der Waals surface area contributed by atoms with Crippen LogP contribution >= 0.6 is 11.7 Å². The van der Waals surface area contributed by atoms with E-state index in [1.54, 1.807) is 0 Å². The zero-order valence-electron chi connectivity index (χ0n) is 6.16. The maximum absolute atomic E-state index is 5.55. The summed E-state index contributed by atoms with van der Waals surface area (Å²) in [6.45, 7) is 4.22. The van der Waals surface area contributed by atoms with Gasteiger partial charge in [-0.2, -0.15) is 8.75 Å².